The number of hydrogen-bond acceptors (Lipinski definition) is 1. The van der Waals surface area contributed by atoms with Gasteiger partial charge in [-0.2, -0.15) is 0 Å². The Morgan fingerprint density at radius 2 is 1.90 bits per heavy atom. The molecule has 0 aliphatic rings. The summed E-state index contributed by atoms with van der Waals surface area (Å²) in [6.45, 7) is 2.10. The molecule has 3 aromatic rings. The molecule has 0 aliphatic carbocycles. The molecule has 2 aromatic carbocycles. The molecular weight excluding hydrogens is 310 g/mol. The maximum absolute atomic E-state index is 13.8. The van der Waals surface area contributed by atoms with Gasteiger partial charge in [-0.3, -0.25) is 4.57 Å². The summed E-state index contributed by atoms with van der Waals surface area (Å²) in [6, 6.07) is 11.0. The van der Waals surface area contributed by atoms with E-state index in [4.69, 9.17) is 23.2 Å². The van der Waals surface area contributed by atoms with Gasteiger partial charge in [0, 0.05) is 11.8 Å². The van der Waals surface area contributed by atoms with Gasteiger partial charge in [0.25, 0.3) is 0 Å². The highest BCUT2D eigenvalue weighted by atomic mass is 35.5. The molecule has 0 amide bonds. The Labute approximate surface area is 132 Å². The van der Waals surface area contributed by atoms with Crippen LogP contribution in [0.5, 0.6) is 0 Å². The highest BCUT2D eigenvalue weighted by molar-refractivity contribution is 6.31. The van der Waals surface area contributed by atoms with Crippen molar-refractivity contribution in [2.24, 2.45) is 0 Å². The second-order valence-electron chi connectivity index (χ2n) is 4.77. The molecule has 0 bridgehead atoms. The third-order valence-corrected chi connectivity index (χ3v) is 4.02. The number of imidazole rings is 1. The molecule has 3 rings (SSSR count). The minimum atomic E-state index is -0.461. The van der Waals surface area contributed by atoms with Crippen molar-refractivity contribution in [1.82, 2.24) is 9.55 Å². The summed E-state index contributed by atoms with van der Waals surface area (Å²) < 4.78 is 15.6. The number of nitrogens with zero attached hydrogens (tertiary/aromatic N) is 2. The van der Waals surface area contributed by atoms with E-state index in [0.29, 0.717) is 16.9 Å². The summed E-state index contributed by atoms with van der Waals surface area (Å²) in [7, 11) is 0. The molecule has 108 valence electrons. The standard InChI is InChI=1S/C16H13Cl2FN2/c1-2-10-3-5-11(6-4-10)21-15-8-13(19)12(18)7-14(15)20-16(21)9-17/h3-8H,2,9H2,1H3. The first-order chi connectivity index (χ1) is 10.1. The quantitative estimate of drug-likeness (QED) is 0.612. The normalized spacial score (nSPS) is 11.2. The third kappa shape index (κ3) is 2.52. The Morgan fingerprint density at radius 1 is 1.19 bits per heavy atom. The Hall–Kier alpha value is -1.58. The van der Waals surface area contributed by atoms with E-state index in [0.717, 1.165) is 12.1 Å². The van der Waals surface area contributed by atoms with E-state index in [1.165, 1.54) is 17.7 Å². The van der Waals surface area contributed by atoms with E-state index in [1.807, 2.05) is 28.8 Å². The number of alkyl halides is 1. The highest BCUT2D eigenvalue weighted by Crippen LogP contribution is 2.27. The van der Waals surface area contributed by atoms with Crippen molar-refractivity contribution in [2.75, 3.05) is 0 Å². The summed E-state index contributed by atoms with van der Waals surface area (Å²) in [4.78, 5) is 4.43. The van der Waals surface area contributed by atoms with Gasteiger partial charge in [-0.25, -0.2) is 9.37 Å². The fraction of sp³-hybridized carbons (Fsp3) is 0.188. The molecule has 0 unspecified atom stereocenters. The number of fused-ring (bicyclic) bond motifs is 1. The number of hydrogen-bond donors (Lipinski definition) is 0. The zero-order valence-electron chi connectivity index (χ0n) is 11.4. The van der Waals surface area contributed by atoms with Gasteiger partial charge in [0.1, 0.15) is 11.6 Å². The second kappa shape index (κ2) is 5.66. The van der Waals surface area contributed by atoms with Crippen LogP contribution in [-0.2, 0) is 12.3 Å². The van der Waals surface area contributed by atoms with Crippen LogP contribution in [0.2, 0.25) is 5.02 Å². The summed E-state index contributed by atoms with van der Waals surface area (Å²) in [6.07, 6.45) is 0.970. The smallest absolute Gasteiger partial charge is 0.144 e. The van der Waals surface area contributed by atoms with Gasteiger partial charge in [0.2, 0.25) is 0 Å². The summed E-state index contributed by atoms with van der Waals surface area (Å²) in [5.41, 5.74) is 3.45. The molecule has 0 atom stereocenters. The molecule has 0 radical (unpaired) electrons. The Balaban J connectivity index is 2.25. The van der Waals surface area contributed by atoms with Gasteiger partial charge in [0.05, 0.1) is 21.9 Å². The van der Waals surface area contributed by atoms with Gasteiger partial charge in [-0.05, 0) is 30.2 Å². The largest absolute Gasteiger partial charge is 0.295 e. The van der Waals surface area contributed by atoms with Crippen molar-refractivity contribution in [3.8, 4) is 5.69 Å². The van der Waals surface area contributed by atoms with E-state index in [-0.39, 0.29) is 10.9 Å². The van der Waals surface area contributed by atoms with Crippen LogP contribution in [0.3, 0.4) is 0 Å². The first-order valence-electron chi connectivity index (χ1n) is 6.65. The molecule has 0 aliphatic heterocycles. The Bertz CT molecular complexity index is 794. The molecule has 0 fully saturated rings. The van der Waals surface area contributed by atoms with Crippen molar-refractivity contribution in [3.05, 3.63) is 58.6 Å². The SMILES string of the molecule is CCc1ccc(-n2c(CCl)nc3cc(Cl)c(F)cc32)cc1. The van der Waals surface area contributed by atoms with Crippen molar-refractivity contribution in [1.29, 1.82) is 0 Å². The monoisotopic (exact) mass is 322 g/mol. The van der Waals surface area contributed by atoms with Crippen LogP contribution in [0, 0.1) is 5.82 Å². The lowest BCUT2D eigenvalue weighted by molar-refractivity contribution is 0.629. The molecule has 1 aromatic heterocycles. The first-order valence-corrected chi connectivity index (χ1v) is 7.57. The molecule has 1 heterocycles. The third-order valence-electron chi connectivity index (χ3n) is 3.49. The predicted molar refractivity (Wildman–Crippen MR) is 85.0 cm³/mol. The lowest BCUT2D eigenvalue weighted by Crippen LogP contribution is -1.99. The predicted octanol–water partition coefficient (Wildman–Crippen LogP) is 5.12. The minimum Gasteiger partial charge on any atom is -0.295 e. The highest BCUT2D eigenvalue weighted by Gasteiger charge is 2.14. The second-order valence-corrected chi connectivity index (χ2v) is 5.45. The number of benzene rings is 2. The van der Waals surface area contributed by atoms with Crippen LogP contribution in [0.4, 0.5) is 4.39 Å². The molecule has 2 nitrogen and oxygen atoms in total. The van der Waals surface area contributed by atoms with Crippen LogP contribution in [0.1, 0.15) is 18.3 Å². The lowest BCUT2D eigenvalue weighted by Gasteiger charge is -2.09. The summed E-state index contributed by atoms with van der Waals surface area (Å²) >= 11 is 11.8. The van der Waals surface area contributed by atoms with E-state index in [1.54, 1.807) is 0 Å². The lowest BCUT2D eigenvalue weighted by atomic mass is 10.1. The zero-order chi connectivity index (χ0) is 15.0. The van der Waals surface area contributed by atoms with Crippen molar-refractivity contribution in [3.63, 3.8) is 0 Å². The molecule has 5 heteroatoms. The molecule has 21 heavy (non-hydrogen) atoms. The van der Waals surface area contributed by atoms with Crippen LogP contribution >= 0.6 is 23.2 Å². The van der Waals surface area contributed by atoms with E-state index < -0.39 is 5.82 Å². The summed E-state index contributed by atoms with van der Waals surface area (Å²) in [5.74, 6) is 0.442. The van der Waals surface area contributed by atoms with E-state index >= 15 is 0 Å². The zero-order valence-corrected chi connectivity index (χ0v) is 12.9. The van der Waals surface area contributed by atoms with Gasteiger partial charge in [-0.15, -0.1) is 11.6 Å². The van der Waals surface area contributed by atoms with Crippen LogP contribution in [-0.4, -0.2) is 9.55 Å². The maximum Gasteiger partial charge on any atom is 0.144 e. The van der Waals surface area contributed by atoms with Crippen molar-refractivity contribution >= 4 is 34.2 Å². The number of halogens is 3. The van der Waals surface area contributed by atoms with Crippen LogP contribution < -0.4 is 0 Å². The topological polar surface area (TPSA) is 17.8 Å². The number of rotatable bonds is 3. The van der Waals surface area contributed by atoms with E-state index in [2.05, 4.69) is 11.9 Å². The van der Waals surface area contributed by atoms with Crippen LogP contribution in [0.25, 0.3) is 16.7 Å². The molecule has 0 N–H and O–H groups in total. The maximum atomic E-state index is 13.8. The van der Waals surface area contributed by atoms with Crippen LogP contribution in [0.15, 0.2) is 36.4 Å². The fourth-order valence-electron chi connectivity index (χ4n) is 2.38. The van der Waals surface area contributed by atoms with Gasteiger partial charge >= 0.3 is 0 Å². The molecular formula is C16H13Cl2FN2. The van der Waals surface area contributed by atoms with Crippen molar-refractivity contribution in [2.45, 2.75) is 19.2 Å². The van der Waals surface area contributed by atoms with E-state index in [9.17, 15) is 4.39 Å². The van der Waals surface area contributed by atoms with Gasteiger partial charge in [0.15, 0.2) is 0 Å². The average Bonchev–Trinajstić information content (AvgIpc) is 2.85. The average molecular weight is 323 g/mol. The first kappa shape index (κ1) is 14.4. The Kier molecular flexibility index (Phi) is 3.87. The fourth-order valence-corrected chi connectivity index (χ4v) is 2.72. The van der Waals surface area contributed by atoms with Gasteiger partial charge < -0.3 is 0 Å². The number of aryl methyl sites for hydroxylation is 1. The van der Waals surface area contributed by atoms with Gasteiger partial charge in [-0.1, -0.05) is 30.7 Å². The number of aromatic nitrogens is 2. The molecule has 0 saturated heterocycles. The minimum absolute atomic E-state index is 0.0644. The molecule has 0 saturated carbocycles. The summed E-state index contributed by atoms with van der Waals surface area (Å²) in [5, 5.41) is 0.0644. The Morgan fingerprint density at radius 3 is 2.52 bits per heavy atom. The van der Waals surface area contributed by atoms with Crippen molar-refractivity contribution < 1.29 is 4.39 Å². The molecule has 0 spiro atoms.